The Labute approximate surface area is 88.3 Å². The third-order valence-electron chi connectivity index (χ3n) is 3.88. The summed E-state index contributed by atoms with van der Waals surface area (Å²) >= 11 is 0. The van der Waals surface area contributed by atoms with Gasteiger partial charge in [-0.25, -0.2) is 0 Å². The zero-order valence-electron chi connectivity index (χ0n) is 9.88. The second-order valence-corrected chi connectivity index (χ2v) is 5.07. The van der Waals surface area contributed by atoms with Crippen LogP contribution < -0.4 is 0 Å². The van der Waals surface area contributed by atoms with Crippen molar-refractivity contribution in [2.24, 2.45) is 17.8 Å². The van der Waals surface area contributed by atoms with Crippen LogP contribution in [0.5, 0.6) is 0 Å². The van der Waals surface area contributed by atoms with E-state index >= 15 is 0 Å². The molecule has 1 aliphatic carbocycles. The van der Waals surface area contributed by atoms with Crippen LogP contribution in [-0.2, 0) is 4.79 Å². The van der Waals surface area contributed by atoms with E-state index in [0.29, 0.717) is 11.7 Å². The Hall–Kier alpha value is -0.330. The molecule has 14 heavy (non-hydrogen) atoms. The van der Waals surface area contributed by atoms with E-state index in [1.807, 2.05) is 0 Å². The van der Waals surface area contributed by atoms with E-state index in [1.165, 1.54) is 32.1 Å². The second-order valence-electron chi connectivity index (χ2n) is 5.07. The van der Waals surface area contributed by atoms with Crippen molar-refractivity contribution in [2.45, 2.75) is 59.3 Å². The molecule has 0 saturated heterocycles. The van der Waals surface area contributed by atoms with E-state index < -0.39 is 0 Å². The quantitative estimate of drug-likeness (QED) is 0.668. The maximum absolute atomic E-state index is 11.0. The zero-order chi connectivity index (χ0) is 10.6. The van der Waals surface area contributed by atoms with Crippen LogP contribution in [0.3, 0.4) is 0 Å². The number of hydrogen-bond acceptors (Lipinski definition) is 1. The summed E-state index contributed by atoms with van der Waals surface area (Å²) in [6.07, 6.45) is 7.63. The maximum atomic E-state index is 11.0. The van der Waals surface area contributed by atoms with Gasteiger partial charge < -0.3 is 4.79 Å². The van der Waals surface area contributed by atoms with E-state index in [1.54, 1.807) is 6.92 Å². The molecule has 0 radical (unpaired) electrons. The fourth-order valence-corrected chi connectivity index (χ4v) is 2.79. The molecule has 0 spiro atoms. The average Bonchev–Trinajstić information content (AvgIpc) is 2.17. The van der Waals surface area contributed by atoms with Gasteiger partial charge in [0.15, 0.2) is 0 Å². The molecule has 0 N–H and O–H groups in total. The molecule has 0 aromatic heterocycles. The van der Waals surface area contributed by atoms with Gasteiger partial charge in [-0.05, 0) is 37.5 Å². The zero-order valence-corrected chi connectivity index (χ0v) is 9.88. The fraction of sp³-hybridized carbons (Fsp3) is 0.923. The van der Waals surface area contributed by atoms with Gasteiger partial charge in [0.05, 0.1) is 0 Å². The standard InChI is InChI=1S/C13H24O/c1-4-12-5-7-13(8-6-12)10(2)9-11(3)14/h10,12-13H,4-9H2,1-3H3. The predicted octanol–water partition coefficient (Wildman–Crippen LogP) is 3.82. The summed E-state index contributed by atoms with van der Waals surface area (Å²) in [4.78, 5) is 11.0. The van der Waals surface area contributed by atoms with Gasteiger partial charge in [0.1, 0.15) is 5.78 Å². The molecule has 1 aliphatic rings. The Kier molecular flexibility index (Phi) is 4.64. The predicted molar refractivity (Wildman–Crippen MR) is 60.2 cm³/mol. The molecule has 1 heteroatoms. The molecule has 82 valence electrons. The topological polar surface area (TPSA) is 17.1 Å². The summed E-state index contributed by atoms with van der Waals surface area (Å²) in [6, 6.07) is 0. The highest BCUT2D eigenvalue weighted by atomic mass is 16.1. The number of carbonyl (C=O) groups excluding carboxylic acids is 1. The Morgan fingerprint density at radius 3 is 2.29 bits per heavy atom. The minimum Gasteiger partial charge on any atom is -0.300 e. The Morgan fingerprint density at radius 2 is 1.86 bits per heavy atom. The van der Waals surface area contributed by atoms with Crippen LogP contribution in [0.15, 0.2) is 0 Å². The fourth-order valence-electron chi connectivity index (χ4n) is 2.79. The van der Waals surface area contributed by atoms with Gasteiger partial charge in [0.25, 0.3) is 0 Å². The molecule has 1 atom stereocenters. The Bertz CT molecular complexity index is 178. The van der Waals surface area contributed by atoms with Crippen LogP contribution in [0.25, 0.3) is 0 Å². The normalized spacial score (nSPS) is 29.9. The first-order valence-electron chi connectivity index (χ1n) is 6.12. The third-order valence-corrected chi connectivity index (χ3v) is 3.88. The lowest BCUT2D eigenvalue weighted by Gasteiger charge is -2.31. The van der Waals surface area contributed by atoms with Gasteiger partial charge in [-0.1, -0.05) is 33.1 Å². The van der Waals surface area contributed by atoms with Crippen molar-refractivity contribution in [2.75, 3.05) is 0 Å². The first kappa shape index (κ1) is 11.7. The third kappa shape index (κ3) is 3.43. The minimum atomic E-state index is 0.357. The maximum Gasteiger partial charge on any atom is 0.130 e. The van der Waals surface area contributed by atoms with Crippen molar-refractivity contribution in [3.63, 3.8) is 0 Å². The molecule has 0 bridgehead atoms. The number of ketones is 1. The van der Waals surface area contributed by atoms with Crippen molar-refractivity contribution in [1.82, 2.24) is 0 Å². The molecule has 0 aromatic rings. The minimum absolute atomic E-state index is 0.357. The van der Waals surface area contributed by atoms with E-state index in [4.69, 9.17) is 0 Å². The van der Waals surface area contributed by atoms with Crippen molar-refractivity contribution >= 4 is 5.78 Å². The number of Topliss-reactive ketones (excluding diaryl/α,β-unsaturated/α-hetero) is 1. The van der Waals surface area contributed by atoms with Gasteiger partial charge in [-0.15, -0.1) is 0 Å². The van der Waals surface area contributed by atoms with E-state index in [2.05, 4.69) is 13.8 Å². The largest absolute Gasteiger partial charge is 0.300 e. The molecule has 0 heterocycles. The van der Waals surface area contributed by atoms with E-state index in [-0.39, 0.29) is 0 Å². The molecule has 1 saturated carbocycles. The molecule has 0 amide bonds. The van der Waals surface area contributed by atoms with E-state index in [0.717, 1.165) is 18.3 Å². The average molecular weight is 196 g/mol. The molecule has 1 unspecified atom stereocenters. The lowest BCUT2D eigenvalue weighted by Crippen LogP contribution is -2.21. The van der Waals surface area contributed by atoms with Crippen molar-refractivity contribution < 1.29 is 4.79 Å². The first-order valence-corrected chi connectivity index (χ1v) is 6.12. The smallest absolute Gasteiger partial charge is 0.130 e. The van der Waals surface area contributed by atoms with Gasteiger partial charge >= 0.3 is 0 Å². The summed E-state index contributed by atoms with van der Waals surface area (Å²) in [6.45, 7) is 6.26. The number of carbonyl (C=O) groups is 1. The number of hydrogen-bond donors (Lipinski definition) is 0. The van der Waals surface area contributed by atoms with Crippen LogP contribution in [-0.4, -0.2) is 5.78 Å². The molecular formula is C13H24O. The SMILES string of the molecule is CCC1CCC(C(C)CC(C)=O)CC1. The molecule has 1 nitrogen and oxygen atoms in total. The summed E-state index contributed by atoms with van der Waals surface area (Å²) < 4.78 is 0. The molecular weight excluding hydrogens is 172 g/mol. The van der Waals surface area contributed by atoms with E-state index in [9.17, 15) is 4.79 Å². The second kappa shape index (κ2) is 5.53. The van der Waals surface area contributed by atoms with Gasteiger partial charge in [0, 0.05) is 6.42 Å². The van der Waals surface area contributed by atoms with Gasteiger partial charge in [0.2, 0.25) is 0 Å². The molecule has 1 fully saturated rings. The van der Waals surface area contributed by atoms with Gasteiger partial charge in [-0.2, -0.15) is 0 Å². The summed E-state index contributed by atoms with van der Waals surface area (Å²) in [5.74, 6) is 2.76. The van der Waals surface area contributed by atoms with Crippen LogP contribution in [0, 0.1) is 17.8 Å². The van der Waals surface area contributed by atoms with Crippen molar-refractivity contribution in [1.29, 1.82) is 0 Å². The van der Waals surface area contributed by atoms with Crippen LogP contribution >= 0.6 is 0 Å². The monoisotopic (exact) mass is 196 g/mol. The highest BCUT2D eigenvalue weighted by Gasteiger charge is 2.24. The Morgan fingerprint density at radius 1 is 1.29 bits per heavy atom. The van der Waals surface area contributed by atoms with Gasteiger partial charge in [-0.3, -0.25) is 0 Å². The lowest BCUT2D eigenvalue weighted by atomic mass is 9.74. The van der Waals surface area contributed by atoms with Crippen LogP contribution in [0.4, 0.5) is 0 Å². The summed E-state index contributed by atoms with van der Waals surface area (Å²) in [5, 5.41) is 0. The highest BCUT2D eigenvalue weighted by molar-refractivity contribution is 5.75. The molecule has 1 rings (SSSR count). The van der Waals surface area contributed by atoms with Crippen molar-refractivity contribution in [3.05, 3.63) is 0 Å². The molecule has 0 aromatic carbocycles. The van der Waals surface area contributed by atoms with Crippen LogP contribution in [0.1, 0.15) is 59.3 Å². The summed E-state index contributed by atoms with van der Waals surface area (Å²) in [5.41, 5.74) is 0. The number of rotatable bonds is 4. The van der Waals surface area contributed by atoms with Crippen LogP contribution in [0.2, 0.25) is 0 Å². The van der Waals surface area contributed by atoms with Crippen molar-refractivity contribution in [3.8, 4) is 0 Å². The first-order chi connectivity index (χ1) is 6.63. The lowest BCUT2D eigenvalue weighted by molar-refractivity contribution is -0.118. The molecule has 0 aliphatic heterocycles. The highest BCUT2D eigenvalue weighted by Crippen LogP contribution is 2.35. The Balaban J connectivity index is 2.30. The summed E-state index contributed by atoms with van der Waals surface area (Å²) in [7, 11) is 0.